The molecule has 0 aliphatic carbocycles. The Morgan fingerprint density at radius 3 is 2.96 bits per heavy atom. The molecule has 0 saturated carbocycles. The second kappa shape index (κ2) is 7.79. The van der Waals surface area contributed by atoms with Gasteiger partial charge in [0.05, 0.1) is 19.8 Å². The predicted octanol–water partition coefficient (Wildman–Crippen LogP) is 2.11. The fraction of sp³-hybridized carbons (Fsp3) is 0.471. The molecule has 0 bridgehead atoms. The fourth-order valence-electron chi connectivity index (χ4n) is 2.90. The van der Waals surface area contributed by atoms with Crippen molar-refractivity contribution in [3.8, 4) is 10.6 Å². The summed E-state index contributed by atoms with van der Waals surface area (Å²) < 4.78 is 9.74. The number of thiazole rings is 1. The monoisotopic (exact) mass is 363 g/mol. The molecular weight excluding hydrogens is 342 g/mol. The maximum absolute atomic E-state index is 12.7. The first kappa shape index (κ1) is 17.6. The first-order chi connectivity index (χ1) is 12.1. The number of methoxy groups -OCH3 is 1. The molecule has 1 aliphatic rings. The average Bonchev–Trinajstić information content (AvgIpc) is 3.30. The number of aromatic nitrogens is 1. The van der Waals surface area contributed by atoms with Gasteiger partial charge in [0.25, 0.3) is 5.91 Å². The van der Waals surface area contributed by atoms with Gasteiger partial charge >= 0.3 is 5.97 Å². The topological polar surface area (TPSA) is 75.9 Å². The Balaban J connectivity index is 1.58. The van der Waals surface area contributed by atoms with E-state index in [-0.39, 0.29) is 17.9 Å². The summed E-state index contributed by atoms with van der Waals surface area (Å²) in [6.45, 7) is 4.70. The van der Waals surface area contributed by atoms with Gasteiger partial charge in [-0.15, -0.1) is 11.3 Å². The lowest BCUT2D eigenvalue weighted by Crippen LogP contribution is -2.54. The summed E-state index contributed by atoms with van der Waals surface area (Å²) >= 11 is 1.43. The molecule has 1 aliphatic heterocycles. The van der Waals surface area contributed by atoms with E-state index in [4.69, 9.17) is 4.42 Å². The molecule has 0 spiro atoms. The number of amides is 1. The number of esters is 1. The van der Waals surface area contributed by atoms with Crippen LogP contribution >= 0.6 is 11.3 Å². The zero-order chi connectivity index (χ0) is 17.8. The predicted molar refractivity (Wildman–Crippen MR) is 93.4 cm³/mol. The highest BCUT2D eigenvalue weighted by Crippen LogP contribution is 2.25. The van der Waals surface area contributed by atoms with Crippen molar-refractivity contribution in [2.24, 2.45) is 0 Å². The van der Waals surface area contributed by atoms with Crippen molar-refractivity contribution in [3.63, 3.8) is 0 Å². The smallest absolute Gasteiger partial charge is 0.306 e. The minimum atomic E-state index is -0.208. The molecule has 1 amide bonds. The second-order valence-corrected chi connectivity index (χ2v) is 6.87. The van der Waals surface area contributed by atoms with Gasteiger partial charge in [-0.25, -0.2) is 4.98 Å². The van der Waals surface area contributed by atoms with Gasteiger partial charge in [-0.1, -0.05) is 0 Å². The lowest BCUT2D eigenvalue weighted by atomic mass is 10.1. The molecule has 1 saturated heterocycles. The second-order valence-electron chi connectivity index (χ2n) is 6.01. The van der Waals surface area contributed by atoms with Gasteiger partial charge in [0.2, 0.25) is 0 Å². The third kappa shape index (κ3) is 4.08. The van der Waals surface area contributed by atoms with Crippen LogP contribution in [0.1, 0.15) is 23.8 Å². The zero-order valence-electron chi connectivity index (χ0n) is 14.3. The normalized spacial score (nSPS) is 18.3. The number of nitrogens with zero attached hydrogens (tertiary/aromatic N) is 3. The summed E-state index contributed by atoms with van der Waals surface area (Å²) in [5, 5.41) is 2.57. The molecule has 0 aromatic carbocycles. The van der Waals surface area contributed by atoms with Crippen molar-refractivity contribution in [1.29, 1.82) is 0 Å². The van der Waals surface area contributed by atoms with E-state index in [1.165, 1.54) is 18.4 Å². The van der Waals surface area contributed by atoms with Crippen LogP contribution in [0, 0.1) is 0 Å². The van der Waals surface area contributed by atoms with E-state index in [9.17, 15) is 9.59 Å². The van der Waals surface area contributed by atoms with Crippen LogP contribution in [-0.2, 0) is 9.53 Å². The number of hydrogen-bond donors (Lipinski definition) is 0. The van der Waals surface area contributed by atoms with E-state index in [0.29, 0.717) is 31.7 Å². The maximum atomic E-state index is 12.7. The molecule has 3 rings (SSSR count). The molecule has 0 N–H and O–H groups in total. The van der Waals surface area contributed by atoms with Crippen LogP contribution in [-0.4, -0.2) is 66.0 Å². The molecule has 1 fully saturated rings. The van der Waals surface area contributed by atoms with Gasteiger partial charge in [0.1, 0.15) is 17.0 Å². The Labute approximate surface area is 150 Å². The Kier molecular flexibility index (Phi) is 5.50. The Morgan fingerprint density at radius 1 is 1.44 bits per heavy atom. The largest absolute Gasteiger partial charge is 0.472 e. The Hall–Kier alpha value is -2.19. The molecule has 2 aromatic rings. The lowest BCUT2D eigenvalue weighted by molar-refractivity contribution is -0.141. The number of hydrogen-bond acceptors (Lipinski definition) is 7. The molecule has 25 heavy (non-hydrogen) atoms. The third-order valence-corrected chi connectivity index (χ3v) is 5.27. The quantitative estimate of drug-likeness (QED) is 0.758. The van der Waals surface area contributed by atoms with Gasteiger partial charge in [-0.05, 0) is 13.0 Å². The van der Waals surface area contributed by atoms with Crippen molar-refractivity contribution < 1.29 is 18.7 Å². The minimum Gasteiger partial charge on any atom is -0.472 e. The van der Waals surface area contributed by atoms with E-state index in [1.54, 1.807) is 17.9 Å². The molecule has 8 heteroatoms. The first-order valence-corrected chi connectivity index (χ1v) is 9.04. The molecule has 7 nitrogen and oxygen atoms in total. The van der Waals surface area contributed by atoms with Crippen LogP contribution in [0.15, 0.2) is 28.4 Å². The van der Waals surface area contributed by atoms with Crippen molar-refractivity contribution in [1.82, 2.24) is 14.8 Å². The number of piperazine rings is 1. The van der Waals surface area contributed by atoms with E-state index < -0.39 is 0 Å². The van der Waals surface area contributed by atoms with Crippen molar-refractivity contribution >= 4 is 23.2 Å². The van der Waals surface area contributed by atoms with E-state index in [2.05, 4.69) is 21.5 Å². The Bertz CT molecular complexity index is 728. The van der Waals surface area contributed by atoms with Crippen LogP contribution in [0.4, 0.5) is 0 Å². The van der Waals surface area contributed by atoms with E-state index in [0.717, 1.165) is 17.1 Å². The molecule has 3 heterocycles. The summed E-state index contributed by atoms with van der Waals surface area (Å²) in [5.74, 6) is -0.259. The number of furan rings is 1. The Morgan fingerprint density at radius 2 is 2.28 bits per heavy atom. The van der Waals surface area contributed by atoms with Crippen LogP contribution in [0.5, 0.6) is 0 Å². The molecule has 1 unspecified atom stereocenters. The van der Waals surface area contributed by atoms with Crippen molar-refractivity contribution in [2.75, 3.05) is 33.3 Å². The molecule has 0 radical (unpaired) electrons. The first-order valence-electron chi connectivity index (χ1n) is 8.16. The molecular formula is C17H21N3O4S. The van der Waals surface area contributed by atoms with Crippen molar-refractivity contribution in [2.45, 2.75) is 19.4 Å². The van der Waals surface area contributed by atoms with Gasteiger partial charge in [0, 0.05) is 43.2 Å². The summed E-state index contributed by atoms with van der Waals surface area (Å²) in [6.07, 6.45) is 3.58. The lowest BCUT2D eigenvalue weighted by Gasteiger charge is -2.39. The van der Waals surface area contributed by atoms with Crippen LogP contribution in [0.3, 0.4) is 0 Å². The summed E-state index contributed by atoms with van der Waals surface area (Å²) in [4.78, 5) is 32.5. The number of carbonyl (C=O) groups excluding carboxylic acids is 2. The molecule has 134 valence electrons. The van der Waals surface area contributed by atoms with Crippen LogP contribution < -0.4 is 0 Å². The summed E-state index contributed by atoms with van der Waals surface area (Å²) in [6, 6.07) is 2.02. The van der Waals surface area contributed by atoms with Crippen LogP contribution in [0.25, 0.3) is 10.6 Å². The van der Waals surface area contributed by atoms with Crippen molar-refractivity contribution in [3.05, 3.63) is 29.7 Å². The van der Waals surface area contributed by atoms with E-state index in [1.807, 2.05) is 11.0 Å². The highest BCUT2D eigenvalue weighted by molar-refractivity contribution is 7.13. The summed E-state index contributed by atoms with van der Waals surface area (Å²) in [5.41, 5.74) is 1.35. The highest BCUT2D eigenvalue weighted by Gasteiger charge is 2.28. The third-order valence-electron chi connectivity index (χ3n) is 4.37. The standard InChI is InChI=1S/C17H21N3O4S/c1-12-9-20(7-6-19(12)5-3-15(21)23-2)17(22)14-11-25-16(18-14)13-4-8-24-10-13/h4,8,10-12H,3,5-7,9H2,1-2H3. The molecule has 2 aromatic heterocycles. The highest BCUT2D eigenvalue weighted by atomic mass is 32.1. The van der Waals surface area contributed by atoms with Gasteiger partial charge < -0.3 is 14.1 Å². The SMILES string of the molecule is COC(=O)CCN1CCN(C(=O)c2csc(-c3ccoc3)n2)CC1C. The van der Waals surface area contributed by atoms with Gasteiger partial charge in [-0.2, -0.15) is 0 Å². The fourth-order valence-corrected chi connectivity index (χ4v) is 3.68. The maximum Gasteiger partial charge on any atom is 0.306 e. The van der Waals surface area contributed by atoms with Gasteiger partial charge in [0.15, 0.2) is 0 Å². The van der Waals surface area contributed by atoms with E-state index >= 15 is 0 Å². The number of carbonyl (C=O) groups is 2. The van der Waals surface area contributed by atoms with Gasteiger partial charge in [-0.3, -0.25) is 14.5 Å². The number of ether oxygens (including phenoxy) is 1. The summed E-state index contributed by atoms with van der Waals surface area (Å²) in [7, 11) is 1.40. The van der Waals surface area contributed by atoms with Crippen LogP contribution in [0.2, 0.25) is 0 Å². The minimum absolute atomic E-state index is 0.0505. The molecule has 1 atom stereocenters. The zero-order valence-corrected chi connectivity index (χ0v) is 15.1. The number of rotatable bonds is 5. The average molecular weight is 363 g/mol.